The number of epoxide rings is 1. The number of allylic oxidation sites excluding steroid dienone is 1. The highest BCUT2D eigenvalue weighted by Crippen LogP contribution is 2.47. The number of piperidine rings is 1. The lowest BCUT2D eigenvalue weighted by Gasteiger charge is -2.37. The van der Waals surface area contributed by atoms with Crippen LogP contribution < -0.4 is 0 Å². The van der Waals surface area contributed by atoms with E-state index >= 15 is 0 Å². The van der Waals surface area contributed by atoms with Crippen molar-refractivity contribution in [2.24, 2.45) is 0 Å². The Morgan fingerprint density at radius 3 is 2.47 bits per heavy atom. The minimum Gasteiger partial charge on any atom is -0.459 e. The molecule has 0 radical (unpaired) electrons. The highest BCUT2D eigenvalue weighted by molar-refractivity contribution is 5.87. The molecule has 3 saturated heterocycles. The molecule has 5 atom stereocenters. The van der Waals surface area contributed by atoms with Crippen LogP contribution in [-0.4, -0.2) is 48.3 Å². The molecular formula is C13H19NO3. The van der Waals surface area contributed by atoms with Crippen molar-refractivity contribution in [3.8, 4) is 0 Å². The fourth-order valence-corrected chi connectivity index (χ4v) is 3.16. The standard InChI is InChI=1S/C13H19NO3/c1-4-7(2)13(15)16-8-5-9-11-12(17-11)10(6-8)14(9)3/h4,8-12H,5-6H2,1-3H3/b7-4+/t8?,9-,10+,11?,12?. The predicted octanol–water partition coefficient (Wildman–Crippen LogP) is 1.11. The van der Waals surface area contributed by atoms with Gasteiger partial charge in [-0.1, -0.05) is 6.08 Å². The van der Waals surface area contributed by atoms with Gasteiger partial charge in [0.1, 0.15) is 18.3 Å². The van der Waals surface area contributed by atoms with Crippen LogP contribution in [0.4, 0.5) is 0 Å². The minimum atomic E-state index is -0.170. The largest absolute Gasteiger partial charge is 0.459 e. The van der Waals surface area contributed by atoms with Crippen molar-refractivity contribution in [2.45, 2.75) is 57.1 Å². The van der Waals surface area contributed by atoms with Crippen molar-refractivity contribution < 1.29 is 14.3 Å². The number of fused-ring (bicyclic) bond motifs is 5. The smallest absolute Gasteiger partial charge is 0.333 e. The maximum atomic E-state index is 11.7. The van der Waals surface area contributed by atoms with E-state index in [1.165, 1.54) is 0 Å². The molecule has 3 rings (SSSR count). The van der Waals surface area contributed by atoms with Gasteiger partial charge in [0.25, 0.3) is 0 Å². The van der Waals surface area contributed by atoms with Crippen LogP contribution in [0.1, 0.15) is 26.7 Å². The summed E-state index contributed by atoms with van der Waals surface area (Å²) in [5.41, 5.74) is 0.692. The second kappa shape index (κ2) is 3.82. The van der Waals surface area contributed by atoms with Crippen LogP contribution in [0.2, 0.25) is 0 Å². The predicted molar refractivity (Wildman–Crippen MR) is 62.5 cm³/mol. The molecule has 0 N–H and O–H groups in total. The minimum absolute atomic E-state index is 0.0694. The fraction of sp³-hybridized carbons (Fsp3) is 0.769. The second-order valence-corrected chi connectivity index (χ2v) is 5.34. The van der Waals surface area contributed by atoms with Crippen molar-refractivity contribution in [1.82, 2.24) is 4.90 Å². The third-order valence-corrected chi connectivity index (χ3v) is 4.40. The van der Waals surface area contributed by atoms with Crippen LogP contribution in [0.3, 0.4) is 0 Å². The summed E-state index contributed by atoms with van der Waals surface area (Å²) in [6.45, 7) is 3.66. The molecule has 94 valence electrons. The number of likely N-dealkylation sites (N-methyl/N-ethyl adjacent to an activating group) is 1. The molecule has 3 fully saturated rings. The van der Waals surface area contributed by atoms with Crippen molar-refractivity contribution >= 4 is 5.97 Å². The third-order valence-electron chi connectivity index (χ3n) is 4.40. The molecule has 0 aromatic carbocycles. The molecule has 3 unspecified atom stereocenters. The zero-order chi connectivity index (χ0) is 12.2. The Bertz CT molecular complexity index is 361. The molecule has 0 amide bonds. The lowest BCUT2D eigenvalue weighted by atomic mass is 9.99. The highest BCUT2D eigenvalue weighted by atomic mass is 16.6. The Labute approximate surface area is 102 Å². The van der Waals surface area contributed by atoms with Gasteiger partial charge in [-0.25, -0.2) is 4.79 Å². The molecular weight excluding hydrogens is 218 g/mol. The number of esters is 1. The van der Waals surface area contributed by atoms with Gasteiger partial charge in [-0.3, -0.25) is 4.90 Å². The second-order valence-electron chi connectivity index (χ2n) is 5.34. The van der Waals surface area contributed by atoms with E-state index in [0.29, 0.717) is 29.9 Å². The summed E-state index contributed by atoms with van der Waals surface area (Å²) in [7, 11) is 2.15. The van der Waals surface area contributed by atoms with Gasteiger partial charge >= 0.3 is 5.97 Å². The Balaban J connectivity index is 1.63. The Morgan fingerprint density at radius 1 is 1.35 bits per heavy atom. The number of ether oxygens (including phenoxy) is 2. The summed E-state index contributed by atoms with van der Waals surface area (Å²) in [6.07, 6.45) is 4.49. The molecule has 4 nitrogen and oxygen atoms in total. The molecule has 0 aromatic heterocycles. The van der Waals surface area contributed by atoms with Gasteiger partial charge in [-0.2, -0.15) is 0 Å². The van der Waals surface area contributed by atoms with Gasteiger partial charge < -0.3 is 9.47 Å². The Morgan fingerprint density at radius 2 is 1.94 bits per heavy atom. The fourth-order valence-electron chi connectivity index (χ4n) is 3.16. The summed E-state index contributed by atoms with van der Waals surface area (Å²) in [6, 6.07) is 0.893. The number of nitrogens with zero attached hydrogens (tertiary/aromatic N) is 1. The van der Waals surface area contributed by atoms with E-state index in [1.54, 1.807) is 13.0 Å². The molecule has 0 aromatic rings. The number of rotatable bonds is 2. The van der Waals surface area contributed by atoms with Crippen molar-refractivity contribution in [3.63, 3.8) is 0 Å². The Hall–Kier alpha value is -0.870. The quantitative estimate of drug-likeness (QED) is 0.410. The third kappa shape index (κ3) is 1.70. The maximum absolute atomic E-state index is 11.7. The molecule has 2 bridgehead atoms. The summed E-state index contributed by atoms with van der Waals surface area (Å²) in [4.78, 5) is 14.1. The number of carbonyl (C=O) groups excluding carboxylic acids is 1. The molecule has 0 saturated carbocycles. The molecule has 4 heteroatoms. The van der Waals surface area contributed by atoms with E-state index in [2.05, 4.69) is 11.9 Å². The average molecular weight is 237 g/mol. The molecule has 17 heavy (non-hydrogen) atoms. The van der Waals surface area contributed by atoms with E-state index < -0.39 is 0 Å². The van der Waals surface area contributed by atoms with Gasteiger partial charge in [0.05, 0.1) is 0 Å². The van der Waals surface area contributed by atoms with E-state index in [9.17, 15) is 4.79 Å². The molecule has 3 heterocycles. The average Bonchev–Trinajstić information content (AvgIpc) is 3.05. The zero-order valence-electron chi connectivity index (χ0n) is 10.6. The normalized spacial score (nSPS) is 44.4. The van der Waals surface area contributed by atoms with Gasteiger partial charge in [-0.15, -0.1) is 0 Å². The van der Waals surface area contributed by atoms with Crippen LogP contribution in [0.5, 0.6) is 0 Å². The van der Waals surface area contributed by atoms with Crippen molar-refractivity contribution in [1.29, 1.82) is 0 Å². The first kappa shape index (κ1) is 11.2. The lowest BCUT2D eigenvalue weighted by molar-refractivity contribution is -0.148. The van der Waals surface area contributed by atoms with Crippen LogP contribution >= 0.6 is 0 Å². The number of hydrogen-bond acceptors (Lipinski definition) is 4. The van der Waals surface area contributed by atoms with Crippen molar-refractivity contribution in [2.75, 3.05) is 7.05 Å². The molecule has 3 aliphatic rings. The Kier molecular flexibility index (Phi) is 2.52. The van der Waals surface area contributed by atoms with E-state index in [-0.39, 0.29) is 12.1 Å². The first-order valence-electron chi connectivity index (χ1n) is 6.33. The highest BCUT2D eigenvalue weighted by Gasteiger charge is 2.62. The van der Waals surface area contributed by atoms with Crippen LogP contribution in [-0.2, 0) is 14.3 Å². The monoisotopic (exact) mass is 237 g/mol. The van der Waals surface area contributed by atoms with E-state index in [1.807, 2.05) is 6.92 Å². The maximum Gasteiger partial charge on any atom is 0.333 e. The van der Waals surface area contributed by atoms with E-state index in [4.69, 9.17) is 9.47 Å². The van der Waals surface area contributed by atoms with Gasteiger partial charge in [0, 0.05) is 30.5 Å². The first-order chi connectivity index (χ1) is 8.11. The van der Waals surface area contributed by atoms with Crippen LogP contribution in [0.15, 0.2) is 11.6 Å². The molecule has 0 aliphatic carbocycles. The number of carbonyl (C=O) groups is 1. The first-order valence-corrected chi connectivity index (χ1v) is 6.33. The summed E-state index contributed by atoms with van der Waals surface area (Å²) >= 11 is 0. The zero-order valence-corrected chi connectivity index (χ0v) is 10.6. The van der Waals surface area contributed by atoms with Crippen molar-refractivity contribution in [3.05, 3.63) is 11.6 Å². The lowest BCUT2D eigenvalue weighted by Crippen LogP contribution is -2.47. The number of morpholine rings is 1. The molecule has 0 spiro atoms. The number of hydrogen-bond donors (Lipinski definition) is 0. The van der Waals surface area contributed by atoms with Gasteiger partial charge in [0.15, 0.2) is 0 Å². The van der Waals surface area contributed by atoms with Crippen LogP contribution in [0, 0.1) is 0 Å². The van der Waals surface area contributed by atoms with Gasteiger partial charge in [0.2, 0.25) is 0 Å². The van der Waals surface area contributed by atoms with Gasteiger partial charge in [-0.05, 0) is 20.9 Å². The van der Waals surface area contributed by atoms with E-state index in [0.717, 1.165) is 12.8 Å². The summed E-state index contributed by atoms with van der Waals surface area (Å²) in [5, 5.41) is 0. The summed E-state index contributed by atoms with van der Waals surface area (Å²) < 4.78 is 11.2. The summed E-state index contributed by atoms with van der Waals surface area (Å²) in [5.74, 6) is -0.170. The molecule has 3 aliphatic heterocycles. The van der Waals surface area contributed by atoms with Crippen LogP contribution in [0.25, 0.3) is 0 Å². The topological polar surface area (TPSA) is 42.1 Å². The SMILES string of the molecule is C/C=C(\C)C(=O)OC1C[C@@H]2C3OC3[C@H](C1)N2C.